The normalized spacial score (nSPS) is 12.1. The van der Waals surface area contributed by atoms with Crippen molar-refractivity contribution in [2.24, 2.45) is 0 Å². The molecule has 0 amide bonds. The molecule has 198 valence electrons. The van der Waals surface area contributed by atoms with E-state index >= 15 is 0 Å². The Labute approximate surface area is 208 Å². The third kappa shape index (κ3) is 5.32. The molecule has 0 aromatic heterocycles. The minimum atomic E-state index is -5.48. The van der Waals surface area contributed by atoms with Crippen molar-refractivity contribution in [1.82, 2.24) is 0 Å². The highest BCUT2D eigenvalue weighted by molar-refractivity contribution is 5.71. The van der Waals surface area contributed by atoms with Crippen LogP contribution in [0.2, 0.25) is 0 Å². The molecule has 0 unspecified atom stereocenters. The number of hydrogen-bond donors (Lipinski definition) is 0. The summed E-state index contributed by atoms with van der Waals surface area (Å²) in [5.74, 6) is -10.7. The maximum atomic E-state index is 14.8. The molecule has 1 nitrogen and oxygen atoms in total. The standard InChI is InChI=1S/C27H14F10O/c1-13-2-4-14(5-3-13)15-6-7-18(19(28)8-15)16-9-20(29)25(21(30)10-16)27(36,37)38-17-11-22(31)24(23(32)12-17)26(33,34)35/h2-12H,1H3. The SMILES string of the molecule is Cc1ccc(-c2ccc(-c3cc(F)c(C(F)(F)Oc4cc(F)c(C(F)(F)F)c(F)c4)c(F)c3)c(F)c2)cc1. The van der Waals surface area contributed by atoms with Gasteiger partial charge in [0.05, 0.1) is 0 Å². The number of benzene rings is 4. The number of aryl methyl sites for hydroxylation is 1. The third-order valence-electron chi connectivity index (χ3n) is 5.54. The predicted molar refractivity (Wildman–Crippen MR) is 118 cm³/mol. The van der Waals surface area contributed by atoms with Gasteiger partial charge in [0.2, 0.25) is 0 Å². The summed E-state index contributed by atoms with van der Waals surface area (Å²) in [6.45, 7) is 1.86. The maximum absolute atomic E-state index is 14.8. The Bertz CT molecular complexity index is 1460. The molecule has 0 atom stereocenters. The lowest BCUT2D eigenvalue weighted by atomic mass is 9.98. The zero-order valence-corrected chi connectivity index (χ0v) is 19.0. The number of hydrogen-bond acceptors (Lipinski definition) is 1. The highest BCUT2D eigenvalue weighted by Gasteiger charge is 2.43. The zero-order chi connectivity index (χ0) is 28.0. The molecule has 4 rings (SSSR count). The summed E-state index contributed by atoms with van der Waals surface area (Å²) >= 11 is 0. The third-order valence-corrected chi connectivity index (χ3v) is 5.54. The van der Waals surface area contributed by atoms with Crippen LogP contribution >= 0.6 is 0 Å². The molecule has 0 N–H and O–H groups in total. The number of halogens is 10. The summed E-state index contributed by atoms with van der Waals surface area (Å²) in [5.41, 5.74) is -3.06. The molecule has 0 radical (unpaired) electrons. The molecule has 0 aliphatic carbocycles. The Hall–Kier alpha value is -4.02. The lowest BCUT2D eigenvalue weighted by molar-refractivity contribution is -0.189. The Balaban J connectivity index is 1.66. The predicted octanol–water partition coefficient (Wildman–Crippen LogP) is 9.17. The van der Waals surface area contributed by atoms with Gasteiger partial charge in [-0.3, -0.25) is 0 Å². The monoisotopic (exact) mass is 544 g/mol. The van der Waals surface area contributed by atoms with E-state index in [1.165, 1.54) is 12.1 Å². The fourth-order valence-corrected chi connectivity index (χ4v) is 3.76. The van der Waals surface area contributed by atoms with Gasteiger partial charge in [-0.2, -0.15) is 22.0 Å². The van der Waals surface area contributed by atoms with E-state index in [2.05, 4.69) is 4.74 Å². The van der Waals surface area contributed by atoms with E-state index in [0.29, 0.717) is 23.3 Å². The Morgan fingerprint density at radius 3 is 1.50 bits per heavy atom. The van der Waals surface area contributed by atoms with Crippen molar-refractivity contribution in [2.75, 3.05) is 0 Å². The fraction of sp³-hybridized carbons (Fsp3) is 0.111. The second kappa shape index (κ2) is 9.70. The average molecular weight is 544 g/mol. The van der Waals surface area contributed by atoms with Gasteiger partial charge in [-0.25, -0.2) is 22.0 Å². The van der Waals surface area contributed by atoms with Gasteiger partial charge in [0.1, 0.15) is 46.0 Å². The van der Waals surface area contributed by atoms with Crippen LogP contribution in [0.5, 0.6) is 5.75 Å². The maximum Gasteiger partial charge on any atom is 0.432 e. The van der Waals surface area contributed by atoms with Crippen LogP contribution in [0.1, 0.15) is 16.7 Å². The van der Waals surface area contributed by atoms with Gasteiger partial charge in [-0.1, -0.05) is 42.0 Å². The van der Waals surface area contributed by atoms with E-state index in [-0.39, 0.29) is 17.7 Å². The van der Waals surface area contributed by atoms with E-state index in [9.17, 15) is 43.9 Å². The second-order valence-corrected chi connectivity index (χ2v) is 8.25. The van der Waals surface area contributed by atoms with Crippen molar-refractivity contribution in [2.45, 2.75) is 19.2 Å². The van der Waals surface area contributed by atoms with Crippen molar-refractivity contribution < 1.29 is 48.6 Å². The van der Waals surface area contributed by atoms with Crippen LogP contribution in [0.25, 0.3) is 22.3 Å². The van der Waals surface area contributed by atoms with Crippen LogP contribution in [0.3, 0.4) is 0 Å². The van der Waals surface area contributed by atoms with Gasteiger partial charge in [0, 0.05) is 17.7 Å². The molecule has 0 bridgehead atoms. The molecule has 11 heteroatoms. The first-order valence-corrected chi connectivity index (χ1v) is 10.7. The molecular formula is C27H14F10O. The quantitative estimate of drug-likeness (QED) is 0.228. The van der Waals surface area contributed by atoms with Crippen LogP contribution < -0.4 is 4.74 Å². The largest absolute Gasteiger partial charge is 0.432 e. The van der Waals surface area contributed by atoms with Crippen molar-refractivity contribution in [3.63, 3.8) is 0 Å². The average Bonchev–Trinajstić information content (AvgIpc) is 2.77. The van der Waals surface area contributed by atoms with Gasteiger partial charge >= 0.3 is 12.3 Å². The molecule has 0 saturated carbocycles. The Morgan fingerprint density at radius 1 is 0.526 bits per heavy atom. The van der Waals surface area contributed by atoms with Gasteiger partial charge in [-0.15, -0.1) is 0 Å². The van der Waals surface area contributed by atoms with Crippen molar-refractivity contribution >= 4 is 0 Å². The summed E-state index contributed by atoms with van der Waals surface area (Å²) in [7, 11) is 0. The van der Waals surface area contributed by atoms with Gasteiger partial charge in [0.15, 0.2) is 0 Å². The van der Waals surface area contributed by atoms with Gasteiger partial charge in [0.25, 0.3) is 0 Å². The lowest BCUT2D eigenvalue weighted by Gasteiger charge is -2.21. The first-order chi connectivity index (χ1) is 17.7. The molecule has 0 spiro atoms. The molecule has 0 fully saturated rings. The topological polar surface area (TPSA) is 9.23 Å². The van der Waals surface area contributed by atoms with Crippen LogP contribution in [-0.2, 0) is 12.3 Å². The summed E-state index contributed by atoms with van der Waals surface area (Å²) in [6.07, 6.45) is -10.4. The molecule has 0 aliphatic rings. The number of alkyl halides is 5. The highest BCUT2D eigenvalue weighted by Crippen LogP contribution is 2.40. The van der Waals surface area contributed by atoms with Crippen molar-refractivity contribution in [3.8, 4) is 28.0 Å². The number of rotatable bonds is 5. The van der Waals surface area contributed by atoms with E-state index in [0.717, 1.165) is 11.6 Å². The first kappa shape index (κ1) is 27.0. The van der Waals surface area contributed by atoms with E-state index in [1.54, 1.807) is 24.3 Å². The Morgan fingerprint density at radius 2 is 1.00 bits per heavy atom. The van der Waals surface area contributed by atoms with Gasteiger partial charge in [-0.05, 0) is 41.8 Å². The van der Waals surface area contributed by atoms with Crippen LogP contribution in [0.4, 0.5) is 43.9 Å². The molecule has 38 heavy (non-hydrogen) atoms. The second-order valence-electron chi connectivity index (χ2n) is 8.25. The molecule has 0 saturated heterocycles. The highest BCUT2D eigenvalue weighted by atomic mass is 19.4. The Kier molecular flexibility index (Phi) is 6.90. The minimum absolute atomic E-state index is 0.199. The first-order valence-electron chi connectivity index (χ1n) is 10.7. The fourth-order valence-electron chi connectivity index (χ4n) is 3.76. The zero-order valence-electron chi connectivity index (χ0n) is 19.0. The van der Waals surface area contributed by atoms with Crippen molar-refractivity contribution in [3.05, 3.63) is 113 Å². The molecule has 0 aliphatic heterocycles. The number of ether oxygens (including phenoxy) is 1. The van der Waals surface area contributed by atoms with Crippen molar-refractivity contribution in [1.29, 1.82) is 0 Å². The van der Waals surface area contributed by atoms with E-state index in [1.807, 2.05) is 6.92 Å². The summed E-state index contributed by atoms with van der Waals surface area (Å²) in [6, 6.07) is 11.2. The molecule has 4 aromatic carbocycles. The summed E-state index contributed by atoms with van der Waals surface area (Å²) < 4.78 is 143. The van der Waals surface area contributed by atoms with Crippen LogP contribution in [0.15, 0.2) is 66.7 Å². The lowest BCUT2D eigenvalue weighted by Crippen LogP contribution is -2.25. The summed E-state index contributed by atoms with van der Waals surface area (Å²) in [4.78, 5) is 0. The van der Waals surface area contributed by atoms with Crippen LogP contribution in [0, 0.1) is 36.0 Å². The molecular weight excluding hydrogens is 530 g/mol. The smallest absolute Gasteiger partial charge is 0.429 e. The summed E-state index contributed by atoms with van der Waals surface area (Å²) in [5, 5.41) is 0. The van der Waals surface area contributed by atoms with Gasteiger partial charge < -0.3 is 4.74 Å². The van der Waals surface area contributed by atoms with Crippen LogP contribution in [-0.4, -0.2) is 0 Å². The van der Waals surface area contributed by atoms with E-state index in [4.69, 9.17) is 0 Å². The molecule has 0 heterocycles. The molecule has 4 aromatic rings. The minimum Gasteiger partial charge on any atom is -0.429 e. The van der Waals surface area contributed by atoms with E-state index < -0.39 is 63.8 Å².